The van der Waals surface area contributed by atoms with Crippen LogP contribution in [0.4, 0.5) is 5.69 Å². The topological polar surface area (TPSA) is 106 Å². The van der Waals surface area contributed by atoms with Crippen molar-refractivity contribution in [2.45, 2.75) is 13.5 Å². The van der Waals surface area contributed by atoms with Crippen molar-refractivity contribution in [3.05, 3.63) is 53.0 Å². The summed E-state index contributed by atoms with van der Waals surface area (Å²) in [5.41, 5.74) is 3.06. The molecule has 1 aliphatic rings. The molecule has 0 fully saturated rings. The lowest BCUT2D eigenvalue weighted by atomic mass is 10.2. The monoisotopic (exact) mass is 400 g/mol. The molecule has 0 aliphatic carbocycles. The molecule has 3 rings (SSSR count). The van der Waals surface area contributed by atoms with E-state index in [0.717, 1.165) is 11.3 Å². The lowest BCUT2D eigenvalue weighted by Crippen LogP contribution is -2.31. The zero-order valence-corrected chi connectivity index (χ0v) is 16.6. The number of amides is 1. The van der Waals surface area contributed by atoms with E-state index in [-0.39, 0.29) is 36.9 Å². The second-order valence-electron chi connectivity index (χ2n) is 6.61. The van der Waals surface area contributed by atoms with Crippen LogP contribution >= 0.6 is 0 Å². The third kappa shape index (κ3) is 4.40. The molecule has 1 aromatic heterocycles. The SMILES string of the molecule is COC(=O)C1=C(Nc2ccc(OCc3cnn(C)c3C)cc2)C(=O)N(CCO)C1. The van der Waals surface area contributed by atoms with Crippen molar-refractivity contribution in [3.63, 3.8) is 0 Å². The minimum atomic E-state index is -0.576. The Labute approximate surface area is 168 Å². The molecule has 2 aromatic rings. The summed E-state index contributed by atoms with van der Waals surface area (Å²) in [6.07, 6.45) is 1.77. The van der Waals surface area contributed by atoms with Crippen LogP contribution in [-0.2, 0) is 28.0 Å². The summed E-state index contributed by atoms with van der Waals surface area (Å²) in [4.78, 5) is 26.0. The number of β-amino-alcohol motifs (C(OH)–C–C–N with tert-alkyl or cyclic N) is 1. The Bertz CT molecular complexity index is 933. The zero-order chi connectivity index (χ0) is 21.0. The van der Waals surface area contributed by atoms with Crippen LogP contribution in [0.25, 0.3) is 0 Å². The van der Waals surface area contributed by atoms with Crippen LogP contribution in [0.1, 0.15) is 11.3 Å². The largest absolute Gasteiger partial charge is 0.489 e. The van der Waals surface area contributed by atoms with Gasteiger partial charge in [0.2, 0.25) is 0 Å². The van der Waals surface area contributed by atoms with Gasteiger partial charge in [0.1, 0.15) is 18.1 Å². The van der Waals surface area contributed by atoms with Crippen molar-refractivity contribution in [2.75, 3.05) is 32.1 Å². The smallest absolute Gasteiger partial charge is 0.337 e. The number of esters is 1. The van der Waals surface area contributed by atoms with Gasteiger partial charge in [-0.25, -0.2) is 4.79 Å². The summed E-state index contributed by atoms with van der Waals surface area (Å²) in [5, 5.41) is 16.3. The van der Waals surface area contributed by atoms with Gasteiger partial charge < -0.3 is 24.8 Å². The first-order valence-corrected chi connectivity index (χ1v) is 9.13. The Kier molecular flexibility index (Phi) is 6.18. The van der Waals surface area contributed by atoms with Crippen molar-refractivity contribution in [3.8, 4) is 5.75 Å². The number of ether oxygens (including phenoxy) is 2. The molecule has 9 nitrogen and oxygen atoms in total. The third-order valence-corrected chi connectivity index (χ3v) is 4.81. The van der Waals surface area contributed by atoms with Crippen LogP contribution in [0, 0.1) is 6.92 Å². The fourth-order valence-corrected chi connectivity index (χ4v) is 2.97. The van der Waals surface area contributed by atoms with Crippen LogP contribution in [0.15, 0.2) is 41.7 Å². The summed E-state index contributed by atoms with van der Waals surface area (Å²) < 4.78 is 12.4. The standard InChI is InChI=1S/C20H24N4O5/c1-13-14(10-21-23(13)2)12-29-16-6-4-15(5-7-16)22-18-17(20(27)28-3)11-24(8-9-25)19(18)26/h4-7,10,22,25H,8-9,11-12H2,1-3H3. The van der Waals surface area contributed by atoms with Gasteiger partial charge in [0.25, 0.3) is 5.91 Å². The number of aliphatic hydroxyl groups excluding tert-OH is 1. The van der Waals surface area contributed by atoms with Gasteiger partial charge in [-0.2, -0.15) is 5.10 Å². The molecule has 154 valence electrons. The van der Waals surface area contributed by atoms with E-state index in [0.29, 0.717) is 18.0 Å². The lowest BCUT2D eigenvalue weighted by Gasteiger charge is -2.15. The maximum absolute atomic E-state index is 12.5. The molecule has 0 bridgehead atoms. The zero-order valence-electron chi connectivity index (χ0n) is 16.6. The number of hydrogen-bond donors (Lipinski definition) is 2. The minimum absolute atomic E-state index is 0.0973. The van der Waals surface area contributed by atoms with Crippen molar-refractivity contribution in [1.82, 2.24) is 14.7 Å². The third-order valence-electron chi connectivity index (χ3n) is 4.81. The Balaban J connectivity index is 1.69. The molecule has 2 heterocycles. The van der Waals surface area contributed by atoms with Crippen molar-refractivity contribution < 1.29 is 24.2 Å². The number of aromatic nitrogens is 2. The molecule has 1 amide bonds. The molecule has 1 aliphatic heterocycles. The second kappa shape index (κ2) is 8.78. The highest BCUT2D eigenvalue weighted by molar-refractivity contribution is 6.08. The minimum Gasteiger partial charge on any atom is -0.489 e. The molecule has 0 radical (unpaired) electrons. The van der Waals surface area contributed by atoms with Gasteiger partial charge in [0, 0.05) is 30.5 Å². The van der Waals surface area contributed by atoms with E-state index >= 15 is 0 Å². The summed E-state index contributed by atoms with van der Waals surface area (Å²) in [6, 6.07) is 7.07. The number of benzene rings is 1. The number of hydrogen-bond acceptors (Lipinski definition) is 7. The van der Waals surface area contributed by atoms with Gasteiger partial charge in [-0.3, -0.25) is 9.48 Å². The molecule has 0 saturated heterocycles. The van der Waals surface area contributed by atoms with Crippen LogP contribution in [0.3, 0.4) is 0 Å². The van der Waals surface area contributed by atoms with Gasteiger partial charge in [0.05, 0.1) is 32.0 Å². The first-order valence-electron chi connectivity index (χ1n) is 9.13. The molecular weight excluding hydrogens is 376 g/mol. The Morgan fingerprint density at radius 3 is 2.62 bits per heavy atom. The van der Waals surface area contributed by atoms with E-state index in [1.54, 1.807) is 35.1 Å². The molecule has 0 spiro atoms. The van der Waals surface area contributed by atoms with Gasteiger partial charge in [-0.1, -0.05) is 0 Å². The number of aliphatic hydroxyl groups is 1. The highest BCUT2D eigenvalue weighted by Gasteiger charge is 2.34. The summed E-state index contributed by atoms with van der Waals surface area (Å²) in [7, 11) is 3.14. The number of carbonyl (C=O) groups is 2. The predicted octanol–water partition coefficient (Wildman–Crippen LogP) is 0.981. The average molecular weight is 400 g/mol. The molecular formula is C20H24N4O5. The maximum Gasteiger partial charge on any atom is 0.337 e. The maximum atomic E-state index is 12.5. The Morgan fingerprint density at radius 2 is 2.03 bits per heavy atom. The average Bonchev–Trinajstić information content (AvgIpc) is 3.21. The van der Waals surface area contributed by atoms with Crippen molar-refractivity contribution in [2.24, 2.45) is 7.05 Å². The molecule has 0 unspecified atom stereocenters. The number of carbonyl (C=O) groups excluding carboxylic acids is 2. The Morgan fingerprint density at radius 1 is 1.31 bits per heavy atom. The van der Waals surface area contributed by atoms with Crippen LogP contribution in [-0.4, -0.2) is 58.5 Å². The normalized spacial score (nSPS) is 13.8. The molecule has 0 atom stereocenters. The summed E-state index contributed by atoms with van der Waals surface area (Å²) in [5.74, 6) is -0.263. The van der Waals surface area contributed by atoms with Crippen LogP contribution in [0.2, 0.25) is 0 Å². The molecule has 9 heteroatoms. The number of aryl methyl sites for hydroxylation is 1. The van der Waals surface area contributed by atoms with Crippen LogP contribution < -0.4 is 10.1 Å². The van der Waals surface area contributed by atoms with E-state index in [1.807, 2.05) is 14.0 Å². The molecule has 29 heavy (non-hydrogen) atoms. The lowest BCUT2D eigenvalue weighted by molar-refractivity contribution is -0.136. The van der Waals surface area contributed by atoms with Crippen molar-refractivity contribution in [1.29, 1.82) is 0 Å². The predicted molar refractivity (Wildman–Crippen MR) is 105 cm³/mol. The fourth-order valence-electron chi connectivity index (χ4n) is 2.97. The highest BCUT2D eigenvalue weighted by atomic mass is 16.5. The van der Waals surface area contributed by atoms with E-state index in [4.69, 9.17) is 14.6 Å². The fraction of sp³-hybridized carbons (Fsp3) is 0.350. The van der Waals surface area contributed by atoms with E-state index < -0.39 is 5.97 Å². The van der Waals surface area contributed by atoms with E-state index in [9.17, 15) is 9.59 Å². The number of nitrogens with one attached hydrogen (secondary N) is 1. The number of methoxy groups -OCH3 is 1. The quantitative estimate of drug-likeness (QED) is 0.636. The molecule has 2 N–H and O–H groups in total. The summed E-state index contributed by atoms with van der Waals surface area (Å²) >= 11 is 0. The van der Waals surface area contributed by atoms with Gasteiger partial charge >= 0.3 is 5.97 Å². The Hall–Kier alpha value is -3.33. The molecule has 1 aromatic carbocycles. The first-order chi connectivity index (χ1) is 13.9. The van der Waals surface area contributed by atoms with E-state index in [2.05, 4.69) is 10.4 Å². The van der Waals surface area contributed by atoms with Crippen LogP contribution in [0.5, 0.6) is 5.75 Å². The van der Waals surface area contributed by atoms with E-state index in [1.165, 1.54) is 12.0 Å². The molecule has 0 saturated carbocycles. The number of nitrogens with zero attached hydrogens (tertiary/aromatic N) is 3. The number of anilines is 1. The highest BCUT2D eigenvalue weighted by Crippen LogP contribution is 2.24. The van der Waals surface area contributed by atoms with Gasteiger partial charge in [0.15, 0.2) is 0 Å². The van der Waals surface area contributed by atoms with Gasteiger partial charge in [-0.05, 0) is 31.2 Å². The summed E-state index contributed by atoms with van der Waals surface area (Å²) in [6.45, 7) is 2.43. The second-order valence-corrected chi connectivity index (χ2v) is 6.61. The van der Waals surface area contributed by atoms with Crippen molar-refractivity contribution >= 4 is 17.6 Å². The van der Waals surface area contributed by atoms with Gasteiger partial charge in [-0.15, -0.1) is 0 Å². The number of rotatable bonds is 8. The first kappa shape index (κ1) is 20.4.